The number of amides is 1. The molecule has 1 amide bonds. The number of hydrogen-bond acceptors (Lipinski definition) is 4. The van der Waals surface area contributed by atoms with Gasteiger partial charge in [-0.1, -0.05) is 17.3 Å². The minimum atomic E-state index is -0.335. The van der Waals surface area contributed by atoms with Gasteiger partial charge in [-0.15, -0.1) is 0 Å². The third kappa shape index (κ3) is 3.56. The Balaban J connectivity index is 1.47. The summed E-state index contributed by atoms with van der Waals surface area (Å²) in [6.45, 7) is 4.87. The summed E-state index contributed by atoms with van der Waals surface area (Å²) >= 11 is 0. The summed E-state index contributed by atoms with van der Waals surface area (Å²) in [5.74, 6) is -0.0704. The molecule has 0 bridgehead atoms. The van der Waals surface area contributed by atoms with Gasteiger partial charge in [-0.3, -0.25) is 4.79 Å². The highest BCUT2D eigenvalue weighted by Gasteiger charge is 2.26. The number of carbonyl (C=O) groups is 1. The molecule has 1 aromatic heterocycles. The zero-order valence-electron chi connectivity index (χ0n) is 15.1. The molecule has 5 nitrogen and oxygen atoms in total. The molecule has 138 valence electrons. The first-order valence-electron chi connectivity index (χ1n) is 8.93. The molecule has 1 fully saturated rings. The van der Waals surface area contributed by atoms with E-state index in [2.05, 4.69) is 35.2 Å². The summed E-state index contributed by atoms with van der Waals surface area (Å²) in [5.41, 5.74) is 3.44. The lowest BCUT2D eigenvalue weighted by Gasteiger charge is -2.36. The number of nitrogens with zero attached hydrogens (tertiary/aromatic N) is 3. The molecule has 27 heavy (non-hydrogen) atoms. The Morgan fingerprint density at radius 1 is 1.07 bits per heavy atom. The molecule has 1 aliphatic heterocycles. The zero-order valence-corrected chi connectivity index (χ0v) is 15.1. The standard InChI is InChI=1S/C21H20FN3O2/c1-15-3-2-4-18(13-15)24-9-11-25(12-10-24)21(26)19-14-23-27-20(19)16-5-7-17(22)8-6-16/h2-8,13-14H,9-12H2,1H3. The number of rotatable bonds is 3. The van der Waals surface area contributed by atoms with Gasteiger partial charge in [-0.2, -0.15) is 0 Å². The molecule has 3 aromatic rings. The van der Waals surface area contributed by atoms with E-state index in [1.54, 1.807) is 12.1 Å². The van der Waals surface area contributed by atoms with Crippen molar-refractivity contribution in [3.8, 4) is 11.3 Å². The summed E-state index contributed by atoms with van der Waals surface area (Å²) in [6.07, 6.45) is 1.44. The van der Waals surface area contributed by atoms with Crippen LogP contribution >= 0.6 is 0 Å². The van der Waals surface area contributed by atoms with E-state index in [1.165, 1.54) is 29.6 Å². The highest BCUT2D eigenvalue weighted by atomic mass is 19.1. The topological polar surface area (TPSA) is 49.6 Å². The van der Waals surface area contributed by atoms with Gasteiger partial charge < -0.3 is 14.3 Å². The fraction of sp³-hybridized carbons (Fsp3) is 0.238. The third-order valence-corrected chi connectivity index (χ3v) is 4.84. The summed E-state index contributed by atoms with van der Waals surface area (Å²) in [6, 6.07) is 14.2. The Kier molecular flexibility index (Phi) is 4.62. The SMILES string of the molecule is Cc1cccc(N2CCN(C(=O)c3cnoc3-c3ccc(F)cc3)CC2)c1. The number of piperazine rings is 1. The van der Waals surface area contributed by atoms with Crippen LogP contribution in [0.15, 0.2) is 59.3 Å². The minimum absolute atomic E-state index is 0.112. The molecule has 0 aliphatic carbocycles. The second-order valence-corrected chi connectivity index (χ2v) is 6.69. The maximum absolute atomic E-state index is 13.2. The highest BCUT2D eigenvalue weighted by Crippen LogP contribution is 2.26. The van der Waals surface area contributed by atoms with Crippen molar-refractivity contribution in [3.05, 3.63) is 71.7 Å². The Morgan fingerprint density at radius 2 is 1.81 bits per heavy atom. The molecule has 0 N–H and O–H groups in total. The van der Waals surface area contributed by atoms with E-state index in [0.717, 1.165) is 13.1 Å². The van der Waals surface area contributed by atoms with Crippen molar-refractivity contribution in [3.63, 3.8) is 0 Å². The van der Waals surface area contributed by atoms with Crippen LogP contribution in [0, 0.1) is 12.7 Å². The Labute approximate surface area is 157 Å². The van der Waals surface area contributed by atoms with Gasteiger partial charge in [-0.05, 0) is 48.9 Å². The Bertz CT molecular complexity index is 944. The van der Waals surface area contributed by atoms with Crippen LogP contribution in [0.25, 0.3) is 11.3 Å². The first kappa shape index (κ1) is 17.3. The number of aryl methyl sites for hydroxylation is 1. The van der Waals surface area contributed by atoms with Gasteiger partial charge in [0, 0.05) is 37.4 Å². The molecule has 2 heterocycles. The van der Waals surface area contributed by atoms with Crippen LogP contribution < -0.4 is 4.90 Å². The van der Waals surface area contributed by atoms with Crippen LogP contribution in [0.3, 0.4) is 0 Å². The van der Waals surface area contributed by atoms with E-state index in [9.17, 15) is 9.18 Å². The van der Waals surface area contributed by atoms with Crippen molar-refractivity contribution >= 4 is 11.6 Å². The predicted molar refractivity (Wildman–Crippen MR) is 101 cm³/mol. The van der Waals surface area contributed by atoms with Crippen LogP contribution in [-0.4, -0.2) is 42.1 Å². The van der Waals surface area contributed by atoms with Gasteiger partial charge in [0.15, 0.2) is 5.76 Å². The zero-order chi connectivity index (χ0) is 18.8. The fourth-order valence-corrected chi connectivity index (χ4v) is 3.36. The molecule has 1 aliphatic rings. The molecule has 0 radical (unpaired) electrons. The molecule has 6 heteroatoms. The molecule has 0 spiro atoms. The quantitative estimate of drug-likeness (QED) is 0.709. The van der Waals surface area contributed by atoms with Gasteiger partial charge in [0.05, 0.1) is 6.20 Å². The van der Waals surface area contributed by atoms with Crippen molar-refractivity contribution < 1.29 is 13.7 Å². The molecule has 1 saturated heterocycles. The number of aromatic nitrogens is 1. The summed E-state index contributed by atoms with van der Waals surface area (Å²) < 4.78 is 18.4. The largest absolute Gasteiger partial charge is 0.368 e. The van der Waals surface area contributed by atoms with E-state index in [4.69, 9.17) is 4.52 Å². The van der Waals surface area contributed by atoms with Crippen LogP contribution in [0.2, 0.25) is 0 Å². The van der Waals surface area contributed by atoms with E-state index in [0.29, 0.717) is 30.0 Å². The van der Waals surface area contributed by atoms with Crippen molar-refractivity contribution in [2.75, 3.05) is 31.1 Å². The molecular weight excluding hydrogens is 345 g/mol. The predicted octanol–water partition coefficient (Wildman–Crippen LogP) is 3.75. The Morgan fingerprint density at radius 3 is 2.52 bits per heavy atom. The average molecular weight is 365 g/mol. The van der Waals surface area contributed by atoms with E-state index in [-0.39, 0.29) is 11.7 Å². The maximum atomic E-state index is 13.2. The van der Waals surface area contributed by atoms with Gasteiger partial charge in [0.1, 0.15) is 11.4 Å². The lowest BCUT2D eigenvalue weighted by atomic mass is 10.1. The monoisotopic (exact) mass is 365 g/mol. The van der Waals surface area contributed by atoms with E-state index in [1.807, 2.05) is 11.0 Å². The lowest BCUT2D eigenvalue weighted by Crippen LogP contribution is -2.48. The Hall–Kier alpha value is -3.15. The van der Waals surface area contributed by atoms with Gasteiger partial charge in [0.25, 0.3) is 5.91 Å². The first-order valence-corrected chi connectivity index (χ1v) is 8.93. The molecule has 2 aromatic carbocycles. The van der Waals surface area contributed by atoms with Crippen molar-refractivity contribution in [1.82, 2.24) is 10.1 Å². The van der Waals surface area contributed by atoms with Crippen molar-refractivity contribution in [2.45, 2.75) is 6.92 Å². The van der Waals surface area contributed by atoms with Crippen LogP contribution in [-0.2, 0) is 0 Å². The van der Waals surface area contributed by atoms with Crippen molar-refractivity contribution in [1.29, 1.82) is 0 Å². The number of carbonyl (C=O) groups excluding carboxylic acids is 1. The fourth-order valence-electron chi connectivity index (χ4n) is 3.36. The maximum Gasteiger partial charge on any atom is 0.259 e. The second kappa shape index (κ2) is 7.23. The number of anilines is 1. The minimum Gasteiger partial charge on any atom is -0.368 e. The van der Waals surface area contributed by atoms with E-state index >= 15 is 0 Å². The molecule has 0 saturated carbocycles. The lowest BCUT2D eigenvalue weighted by molar-refractivity contribution is 0.0747. The summed E-state index contributed by atoms with van der Waals surface area (Å²) in [4.78, 5) is 17.0. The number of halogens is 1. The molecule has 0 atom stereocenters. The van der Waals surface area contributed by atoms with Gasteiger partial charge in [-0.25, -0.2) is 4.39 Å². The first-order chi connectivity index (χ1) is 13.1. The van der Waals surface area contributed by atoms with Gasteiger partial charge in [0.2, 0.25) is 0 Å². The highest BCUT2D eigenvalue weighted by molar-refractivity contribution is 5.99. The van der Waals surface area contributed by atoms with E-state index < -0.39 is 0 Å². The van der Waals surface area contributed by atoms with Gasteiger partial charge >= 0.3 is 0 Å². The molecule has 0 unspecified atom stereocenters. The molecule has 4 rings (SSSR count). The molecular formula is C21H20FN3O2. The van der Waals surface area contributed by atoms with Crippen LogP contribution in [0.5, 0.6) is 0 Å². The second-order valence-electron chi connectivity index (χ2n) is 6.69. The summed E-state index contributed by atoms with van der Waals surface area (Å²) in [7, 11) is 0. The number of hydrogen-bond donors (Lipinski definition) is 0. The average Bonchev–Trinajstić information content (AvgIpc) is 3.18. The normalized spacial score (nSPS) is 14.4. The van der Waals surface area contributed by atoms with Crippen LogP contribution in [0.1, 0.15) is 15.9 Å². The number of benzene rings is 2. The van der Waals surface area contributed by atoms with Crippen molar-refractivity contribution in [2.24, 2.45) is 0 Å². The third-order valence-electron chi connectivity index (χ3n) is 4.84. The smallest absolute Gasteiger partial charge is 0.259 e. The summed E-state index contributed by atoms with van der Waals surface area (Å²) in [5, 5.41) is 3.78. The van der Waals surface area contributed by atoms with Crippen LogP contribution in [0.4, 0.5) is 10.1 Å².